The predicted molar refractivity (Wildman–Crippen MR) is 160 cm³/mol. The summed E-state index contributed by atoms with van der Waals surface area (Å²) < 4.78 is 37.6. The van der Waals surface area contributed by atoms with E-state index in [-0.39, 0.29) is 37.5 Å². The third-order valence-electron chi connectivity index (χ3n) is 6.66. The van der Waals surface area contributed by atoms with Gasteiger partial charge in [-0.15, -0.1) is 18.2 Å². The van der Waals surface area contributed by atoms with Crippen LogP contribution in [0.15, 0.2) is 116 Å². The van der Waals surface area contributed by atoms with Crippen molar-refractivity contribution in [1.29, 1.82) is 0 Å². The number of benzene rings is 4. The molecule has 2 aromatic heterocycles. The van der Waals surface area contributed by atoms with Gasteiger partial charge in [0.2, 0.25) is 0 Å². The van der Waals surface area contributed by atoms with Gasteiger partial charge in [0.1, 0.15) is 5.82 Å². The van der Waals surface area contributed by atoms with E-state index in [1.807, 2.05) is 96.9 Å². The molecular formula is C34H25F2N5OPd. The van der Waals surface area contributed by atoms with Gasteiger partial charge in [0.25, 0.3) is 0 Å². The molecule has 0 atom stereocenters. The van der Waals surface area contributed by atoms with Crippen LogP contribution in [-0.4, -0.2) is 21.6 Å². The average molecular weight is 664 g/mol. The van der Waals surface area contributed by atoms with Crippen molar-refractivity contribution in [2.45, 2.75) is 0 Å². The molecule has 4 aromatic carbocycles. The van der Waals surface area contributed by atoms with Crippen LogP contribution < -0.4 is 14.5 Å². The van der Waals surface area contributed by atoms with Crippen LogP contribution in [0.2, 0.25) is 0 Å². The summed E-state index contributed by atoms with van der Waals surface area (Å²) in [5.41, 5.74) is 3.15. The van der Waals surface area contributed by atoms with E-state index in [9.17, 15) is 4.39 Å². The van der Waals surface area contributed by atoms with Gasteiger partial charge in [0.05, 0.1) is 17.4 Å². The first-order chi connectivity index (χ1) is 20.5. The van der Waals surface area contributed by atoms with Crippen LogP contribution in [0, 0.1) is 23.8 Å². The SMILES string of the molecule is CN(c1[c-]c(Oc2[c-]c(-c3nccn3C)c(F)cc2F)cc(N(c2ccccc2)c2ccccc2)c1)c1ccccn1.[Pd+2]. The average Bonchev–Trinajstić information content (AvgIpc) is 3.45. The number of anilines is 5. The maximum atomic E-state index is 15.1. The van der Waals surface area contributed by atoms with Gasteiger partial charge in [-0.25, -0.2) is 4.98 Å². The third-order valence-corrected chi connectivity index (χ3v) is 6.66. The Morgan fingerprint density at radius 1 is 0.744 bits per heavy atom. The van der Waals surface area contributed by atoms with E-state index in [4.69, 9.17) is 4.74 Å². The maximum absolute atomic E-state index is 15.1. The van der Waals surface area contributed by atoms with Crippen molar-refractivity contribution >= 4 is 28.6 Å². The van der Waals surface area contributed by atoms with E-state index in [0.717, 1.165) is 23.1 Å². The monoisotopic (exact) mass is 663 g/mol. The number of aromatic nitrogens is 3. The summed E-state index contributed by atoms with van der Waals surface area (Å²) in [6.07, 6.45) is 4.91. The zero-order valence-electron chi connectivity index (χ0n) is 23.2. The Morgan fingerprint density at radius 3 is 2.02 bits per heavy atom. The third kappa shape index (κ3) is 6.34. The molecule has 0 saturated carbocycles. The van der Waals surface area contributed by atoms with E-state index in [2.05, 4.69) is 27.0 Å². The number of nitrogens with zero attached hydrogens (tertiary/aromatic N) is 5. The van der Waals surface area contributed by atoms with Gasteiger partial charge in [0, 0.05) is 55.6 Å². The van der Waals surface area contributed by atoms with Crippen LogP contribution in [0.3, 0.4) is 0 Å². The molecule has 0 unspecified atom stereocenters. The van der Waals surface area contributed by atoms with Gasteiger partial charge in [-0.05, 0) is 36.4 Å². The molecule has 6 aromatic rings. The molecule has 0 amide bonds. The van der Waals surface area contributed by atoms with Gasteiger partial charge in [-0.1, -0.05) is 71.5 Å². The quantitative estimate of drug-likeness (QED) is 0.121. The molecule has 0 aliphatic carbocycles. The van der Waals surface area contributed by atoms with E-state index >= 15 is 4.39 Å². The van der Waals surface area contributed by atoms with Crippen LogP contribution in [0.5, 0.6) is 11.5 Å². The summed E-state index contributed by atoms with van der Waals surface area (Å²) in [5.74, 6) is -0.784. The minimum atomic E-state index is -0.896. The molecule has 0 spiro atoms. The predicted octanol–water partition coefficient (Wildman–Crippen LogP) is 8.39. The molecule has 43 heavy (non-hydrogen) atoms. The first-order valence-electron chi connectivity index (χ1n) is 13.2. The number of aryl methyl sites for hydroxylation is 1. The Labute approximate surface area is 262 Å². The molecule has 9 heteroatoms. The van der Waals surface area contributed by atoms with Crippen molar-refractivity contribution < 1.29 is 33.9 Å². The van der Waals surface area contributed by atoms with Gasteiger partial charge >= 0.3 is 20.4 Å². The first-order valence-corrected chi connectivity index (χ1v) is 13.2. The number of imidazole rings is 1. The summed E-state index contributed by atoms with van der Waals surface area (Å²) >= 11 is 0. The molecule has 0 radical (unpaired) electrons. The first kappa shape index (κ1) is 29.6. The molecule has 0 bridgehead atoms. The Morgan fingerprint density at radius 2 is 1.42 bits per heavy atom. The normalized spacial score (nSPS) is 10.6. The molecule has 0 fully saturated rings. The number of ether oxygens (including phenoxy) is 1. The van der Waals surface area contributed by atoms with E-state index in [1.165, 1.54) is 6.20 Å². The number of para-hydroxylation sites is 2. The summed E-state index contributed by atoms with van der Waals surface area (Å²) in [6.45, 7) is 0. The number of hydrogen-bond donors (Lipinski definition) is 0. The molecule has 6 rings (SSSR count). The molecule has 6 nitrogen and oxygen atoms in total. The maximum Gasteiger partial charge on any atom is 2.00 e. The fourth-order valence-electron chi connectivity index (χ4n) is 4.59. The molecule has 0 N–H and O–H groups in total. The smallest absolute Gasteiger partial charge is 0.500 e. The zero-order valence-corrected chi connectivity index (χ0v) is 24.7. The standard InChI is InChI=1S/C34H25F2N5O.Pd/c1-39-18-17-38-34(39)29-22-32(31(36)23-30(29)35)42-28-20-26(40(2)33-15-9-10-16-37-33)19-27(21-28)41(24-11-5-3-6-12-24)25-13-7-4-8-14-25;/h3-19,21,23H,1-2H3;/q-2;+2. The second kappa shape index (κ2) is 13.0. The Kier molecular flexibility index (Phi) is 8.96. The molecule has 0 aliphatic rings. The zero-order chi connectivity index (χ0) is 29.1. The molecular weight excluding hydrogens is 639 g/mol. The summed E-state index contributed by atoms with van der Waals surface area (Å²) in [7, 11) is 3.58. The number of pyridine rings is 1. The van der Waals surface area contributed by atoms with Gasteiger partial charge in [-0.3, -0.25) is 13.8 Å². The molecule has 216 valence electrons. The summed E-state index contributed by atoms with van der Waals surface area (Å²) in [6, 6.07) is 35.8. The number of rotatable bonds is 8. The van der Waals surface area contributed by atoms with Crippen LogP contribution in [0.1, 0.15) is 0 Å². The van der Waals surface area contributed by atoms with Crippen LogP contribution in [-0.2, 0) is 27.5 Å². The molecule has 0 aliphatic heterocycles. The Balaban J connectivity index is 0.00000368. The van der Waals surface area contributed by atoms with Crippen LogP contribution >= 0.6 is 0 Å². The second-order valence-corrected chi connectivity index (χ2v) is 9.47. The van der Waals surface area contributed by atoms with Crippen molar-refractivity contribution in [1.82, 2.24) is 14.5 Å². The van der Waals surface area contributed by atoms with Crippen molar-refractivity contribution in [3.8, 4) is 22.9 Å². The number of hydrogen-bond acceptors (Lipinski definition) is 5. The second-order valence-electron chi connectivity index (χ2n) is 9.47. The van der Waals surface area contributed by atoms with Crippen molar-refractivity contribution in [2.24, 2.45) is 7.05 Å². The topological polar surface area (TPSA) is 46.4 Å². The molecule has 2 heterocycles. The fraction of sp³-hybridized carbons (Fsp3) is 0.0588. The Hall–Kier alpha value is -4.84. The van der Waals surface area contributed by atoms with Crippen molar-refractivity contribution in [3.63, 3.8) is 0 Å². The number of halogens is 2. The minimum absolute atomic E-state index is 0. The summed E-state index contributed by atoms with van der Waals surface area (Å²) in [5, 5.41) is 0. The van der Waals surface area contributed by atoms with Gasteiger partial charge in [-0.2, -0.15) is 0 Å². The van der Waals surface area contributed by atoms with E-state index < -0.39 is 11.6 Å². The fourth-order valence-corrected chi connectivity index (χ4v) is 4.59. The van der Waals surface area contributed by atoms with Crippen molar-refractivity contribution in [3.05, 3.63) is 139 Å². The largest absolute Gasteiger partial charge is 2.00 e. The van der Waals surface area contributed by atoms with Gasteiger partial charge < -0.3 is 19.1 Å². The Bertz CT molecular complexity index is 1780. The van der Waals surface area contributed by atoms with E-state index in [1.54, 1.807) is 30.1 Å². The molecule has 0 saturated heterocycles. The van der Waals surface area contributed by atoms with Crippen LogP contribution in [0.4, 0.5) is 37.3 Å². The van der Waals surface area contributed by atoms with Gasteiger partial charge in [0.15, 0.2) is 0 Å². The minimum Gasteiger partial charge on any atom is -0.500 e. The van der Waals surface area contributed by atoms with E-state index in [0.29, 0.717) is 17.3 Å². The summed E-state index contributed by atoms with van der Waals surface area (Å²) in [4.78, 5) is 12.6. The van der Waals surface area contributed by atoms with Crippen molar-refractivity contribution in [2.75, 3.05) is 16.8 Å². The van der Waals surface area contributed by atoms with Crippen LogP contribution in [0.25, 0.3) is 11.4 Å².